The van der Waals surface area contributed by atoms with E-state index in [-0.39, 0.29) is 22.1 Å². The van der Waals surface area contributed by atoms with Crippen molar-refractivity contribution in [1.82, 2.24) is 5.32 Å². The van der Waals surface area contributed by atoms with Crippen LogP contribution in [0.2, 0.25) is 0 Å². The van der Waals surface area contributed by atoms with Gasteiger partial charge in [0.05, 0.1) is 36.1 Å². The maximum Gasteiger partial charge on any atom is 0.264 e. The van der Waals surface area contributed by atoms with E-state index in [1.165, 1.54) is 12.1 Å². The van der Waals surface area contributed by atoms with Crippen LogP contribution in [0.15, 0.2) is 102 Å². The van der Waals surface area contributed by atoms with Crippen molar-refractivity contribution in [2.75, 3.05) is 36.9 Å². The number of methoxy groups -OCH3 is 2. The molecule has 0 spiro atoms. The zero-order valence-corrected chi connectivity index (χ0v) is 26.0. The van der Waals surface area contributed by atoms with Crippen molar-refractivity contribution >= 4 is 55.8 Å². The normalized spacial score (nSPS) is 10.9. The zero-order chi connectivity index (χ0) is 30.1. The minimum Gasteiger partial charge on any atom is -0.493 e. The van der Waals surface area contributed by atoms with Crippen molar-refractivity contribution in [3.63, 3.8) is 0 Å². The van der Waals surface area contributed by atoms with Crippen LogP contribution in [0.4, 0.5) is 11.4 Å². The molecule has 218 valence electrons. The SMILES string of the molecule is COc1ccc(CCNC(=O)c2ccccc2NC(=O)CN(c2ccc(I)cc2)S(=O)(=O)c2ccccc2)cc1OC. The Morgan fingerprint density at radius 3 is 2.19 bits per heavy atom. The molecule has 0 bridgehead atoms. The molecule has 2 N–H and O–H groups in total. The Morgan fingerprint density at radius 1 is 0.833 bits per heavy atom. The summed E-state index contributed by atoms with van der Waals surface area (Å²) in [6, 6.07) is 26.9. The first kappa shape index (κ1) is 30.8. The fourth-order valence-electron chi connectivity index (χ4n) is 4.20. The highest BCUT2D eigenvalue weighted by Crippen LogP contribution is 2.28. The lowest BCUT2D eigenvalue weighted by Gasteiger charge is -2.24. The Bertz CT molecular complexity index is 1650. The Labute approximate surface area is 259 Å². The summed E-state index contributed by atoms with van der Waals surface area (Å²) in [4.78, 5) is 26.4. The number of amides is 2. The average molecular weight is 700 g/mol. The number of hydrogen-bond acceptors (Lipinski definition) is 6. The summed E-state index contributed by atoms with van der Waals surface area (Å²) >= 11 is 2.13. The van der Waals surface area contributed by atoms with Crippen LogP contribution < -0.4 is 24.4 Å². The fourth-order valence-corrected chi connectivity index (χ4v) is 6.01. The number of rotatable bonds is 12. The Kier molecular flexibility index (Phi) is 10.4. The van der Waals surface area contributed by atoms with Gasteiger partial charge in [0, 0.05) is 10.1 Å². The second-order valence-electron chi connectivity index (χ2n) is 9.09. The van der Waals surface area contributed by atoms with E-state index in [1.807, 2.05) is 12.1 Å². The maximum absolute atomic E-state index is 13.6. The van der Waals surface area contributed by atoms with Crippen LogP contribution in [0, 0.1) is 3.57 Å². The molecule has 2 amide bonds. The molecule has 9 nitrogen and oxygen atoms in total. The Hall–Kier alpha value is -4.10. The number of nitrogens with zero attached hydrogens (tertiary/aromatic N) is 1. The zero-order valence-electron chi connectivity index (χ0n) is 23.0. The number of hydrogen-bond donors (Lipinski definition) is 2. The van der Waals surface area contributed by atoms with E-state index in [9.17, 15) is 18.0 Å². The van der Waals surface area contributed by atoms with E-state index in [0.717, 1.165) is 13.4 Å². The van der Waals surface area contributed by atoms with E-state index in [4.69, 9.17) is 9.47 Å². The van der Waals surface area contributed by atoms with Gasteiger partial charge in [-0.25, -0.2) is 8.42 Å². The summed E-state index contributed by atoms with van der Waals surface area (Å²) in [6.07, 6.45) is 0.545. The molecular weight excluding hydrogens is 669 g/mol. The highest BCUT2D eigenvalue weighted by Gasteiger charge is 2.27. The van der Waals surface area contributed by atoms with Gasteiger partial charge >= 0.3 is 0 Å². The molecule has 4 aromatic carbocycles. The van der Waals surface area contributed by atoms with Crippen LogP contribution in [-0.4, -0.2) is 47.5 Å². The number of carbonyl (C=O) groups excluding carboxylic acids is 2. The number of benzene rings is 4. The number of halogens is 1. The summed E-state index contributed by atoms with van der Waals surface area (Å²) in [5.41, 5.74) is 1.82. The van der Waals surface area contributed by atoms with Crippen molar-refractivity contribution in [2.24, 2.45) is 0 Å². The lowest BCUT2D eigenvalue weighted by molar-refractivity contribution is -0.114. The van der Waals surface area contributed by atoms with Gasteiger partial charge in [0.25, 0.3) is 15.9 Å². The molecule has 0 aliphatic carbocycles. The molecule has 0 aromatic heterocycles. The minimum atomic E-state index is -4.05. The Morgan fingerprint density at radius 2 is 1.50 bits per heavy atom. The van der Waals surface area contributed by atoms with Gasteiger partial charge in [-0.05, 0) is 95.2 Å². The van der Waals surface area contributed by atoms with E-state index in [0.29, 0.717) is 30.2 Å². The maximum atomic E-state index is 13.6. The average Bonchev–Trinajstić information content (AvgIpc) is 3.01. The van der Waals surface area contributed by atoms with Gasteiger partial charge in [-0.3, -0.25) is 13.9 Å². The second-order valence-corrected chi connectivity index (χ2v) is 12.2. The van der Waals surface area contributed by atoms with E-state index in [1.54, 1.807) is 87.0 Å². The van der Waals surface area contributed by atoms with Crippen molar-refractivity contribution in [1.29, 1.82) is 0 Å². The number of nitrogens with one attached hydrogen (secondary N) is 2. The highest BCUT2D eigenvalue weighted by molar-refractivity contribution is 14.1. The summed E-state index contributed by atoms with van der Waals surface area (Å²) in [7, 11) is -0.928. The van der Waals surface area contributed by atoms with Gasteiger partial charge in [-0.15, -0.1) is 0 Å². The molecular formula is C31H30IN3O6S. The first-order chi connectivity index (χ1) is 20.2. The molecule has 0 aliphatic rings. The number of para-hydroxylation sites is 1. The van der Waals surface area contributed by atoms with Gasteiger partial charge in [0.15, 0.2) is 11.5 Å². The predicted octanol–water partition coefficient (Wildman–Crippen LogP) is 5.11. The largest absolute Gasteiger partial charge is 0.493 e. The number of carbonyl (C=O) groups is 2. The molecule has 0 atom stereocenters. The second kappa shape index (κ2) is 14.2. The summed E-state index contributed by atoms with van der Waals surface area (Å²) in [5.74, 6) is 0.242. The highest BCUT2D eigenvalue weighted by atomic mass is 127. The molecule has 4 aromatic rings. The summed E-state index contributed by atoms with van der Waals surface area (Å²) in [6.45, 7) is -0.153. The first-order valence-corrected chi connectivity index (χ1v) is 15.5. The van der Waals surface area contributed by atoms with Crippen molar-refractivity contribution < 1.29 is 27.5 Å². The van der Waals surface area contributed by atoms with Crippen LogP contribution in [0.3, 0.4) is 0 Å². The molecule has 4 rings (SSSR count). The number of sulfonamides is 1. The molecule has 0 unspecified atom stereocenters. The third-order valence-corrected chi connectivity index (χ3v) is 8.83. The molecule has 0 fully saturated rings. The van der Waals surface area contributed by atoms with Crippen molar-refractivity contribution in [2.45, 2.75) is 11.3 Å². The number of ether oxygens (including phenoxy) is 2. The third kappa shape index (κ3) is 7.59. The van der Waals surface area contributed by atoms with Gasteiger partial charge in [-0.2, -0.15) is 0 Å². The van der Waals surface area contributed by atoms with Gasteiger partial charge in [-0.1, -0.05) is 36.4 Å². The van der Waals surface area contributed by atoms with E-state index < -0.39 is 22.5 Å². The van der Waals surface area contributed by atoms with Crippen LogP contribution in [-0.2, 0) is 21.2 Å². The molecule has 42 heavy (non-hydrogen) atoms. The van der Waals surface area contributed by atoms with Gasteiger partial charge in [0.2, 0.25) is 5.91 Å². The van der Waals surface area contributed by atoms with Gasteiger partial charge in [0.1, 0.15) is 6.54 Å². The van der Waals surface area contributed by atoms with Crippen molar-refractivity contribution in [3.8, 4) is 11.5 Å². The molecule has 0 aliphatic heterocycles. The molecule has 0 saturated carbocycles. The first-order valence-electron chi connectivity index (χ1n) is 12.9. The topological polar surface area (TPSA) is 114 Å². The minimum absolute atomic E-state index is 0.0607. The van der Waals surface area contributed by atoms with Crippen molar-refractivity contribution in [3.05, 3.63) is 112 Å². The third-order valence-electron chi connectivity index (χ3n) is 6.33. The Balaban J connectivity index is 1.47. The molecule has 11 heteroatoms. The molecule has 0 radical (unpaired) electrons. The quantitative estimate of drug-likeness (QED) is 0.199. The van der Waals surface area contributed by atoms with Crippen LogP contribution >= 0.6 is 22.6 Å². The fraction of sp³-hybridized carbons (Fsp3) is 0.161. The lowest BCUT2D eigenvalue weighted by Crippen LogP contribution is -2.38. The summed E-state index contributed by atoms with van der Waals surface area (Å²) in [5, 5.41) is 5.60. The monoisotopic (exact) mass is 699 g/mol. The van der Waals surface area contributed by atoms with E-state index in [2.05, 4.69) is 33.2 Å². The van der Waals surface area contributed by atoms with E-state index >= 15 is 0 Å². The van der Waals surface area contributed by atoms with Crippen LogP contribution in [0.1, 0.15) is 15.9 Å². The lowest BCUT2D eigenvalue weighted by atomic mass is 10.1. The van der Waals surface area contributed by atoms with Gasteiger partial charge < -0.3 is 20.1 Å². The molecule has 0 saturated heterocycles. The standard InChI is InChI=1S/C31H30IN3O6S/c1-40-28-17-12-22(20-29(28)41-2)18-19-33-31(37)26-10-6-7-11-27(26)34-30(36)21-35(24-15-13-23(32)14-16-24)42(38,39)25-8-4-3-5-9-25/h3-17,20H,18-19,21H2,1-2H3,(H,33,37)(H,34,36). The van der Waals surface area contributed by atoms with Crippen LogP contribution in [0.25, 0.3) is 0 Å². The molecule has 0 heterocycles. The predicted molar refractivity (Wildman–Crippen MR) is 171 cm³/mol. The smallest absolute Gasteiger partial charge is 0.264 e. The number of anilines is 2. The van der Waals surface area contributed by atoms with Crippen LogP contribution in [0.5, 0.6) is 11.5 Å². The summed E-state index contributed by atoms with van der Waals surface area (Å²) < 4.78 is 39.7.